The standard InChI is InChI=1S/C40H50FN5O9S/c1-24-16-17-33(25(2)18-24)56(52,53)44-36(49)40-20-27(40)13-9-7-6-8-10-15-31(42-37(50)55-39(3,4)5)35(48)46-22-28(19-32(46)34(47)43-40)54-38(51)45-21-26-12-11-14-30(41)29(26)23-45/h9,11-14,16-18,27-28,31-32H,6-8,10,15,19-23H2,1-5H3,(H,42,50)(H,43,47)(H,44,49)/b13-9-/t27-,28-,31+,32+,40-/m1/s1. The van der Waals surface area contributed by atoms with E-state index in [-0.39, 0.29) is 43.8 Å². The predicted octanol–water partition coefficient (Wildman–Crippen LogP) is 4.66. The number of amides is 5. The normalized spacial score (nSPS) is 26.0. The number of sulfonamides is 1. The Morgan fingerprint density at radius 2 is 1.80 bits per heavy atom. The molecule has 6 rings (SSSR count). The molecule has 2 aromatic rings. The molecule has 1 saturated heterocycles. The lowest BCUT2D eigenvalue weighted by Gasteiger charge is -2.30. The van der Waals surface area contributed by atoms with Crippen LogP contribution in [0.1, 0.15) is 88.0 Å². The third-order valence-electron chi connectivity index (χ3n) is 10.6. The lowest BCUT2D eigenvalue weighted by molar-refractivity contribution is -0.141. The van der Waals surface area contributed by atoms with Crippen molar-refractivity contribution in [1.82, 2.24) is 25.2 Å². The number of nitrogens with one attached hydrogen (secondary N) is 3. The number of carbonyl (C=O) groups excluding carboxylic acids is 5. The van der Waals surface area contributed by atoms with E-state index in [0.717, 1.165) is 12.0 Å². The molecule has 1 saturated carbocycles. The van der Waals surface area contributed by atoms with Gasteiger partial charge in [0.25, 0.3) is 15.9 Å². The van der Waals surface area contributed by atoms with Crippen LogP contribution in [-0.2, 0) is 47.0 Å². The number of carbonyl (C=O) groups is 5. The summed E-state index contributed by atoms with van der Waals surface area (Å²) in [5.74, 6) is -3.27. The zero-order chi connectivity index (χ0) is 40.6. The monoisotopic (exact) mass is 795 g/mol. The van der Waals surface area contributed by atoms with Gasteiger partial charge in [0.1, 0.15) is 35.1 Å². The van der Waals surface area contributed by atoms with E-state index >= 15 is 0 Å². The van der Waals surface area contributed by atoms with Gasteiger partial charge in [0.05, 0.1) is 18.0 Å². The van der Waals surface area contributed by atoms with Crippen LogP contribution in [0.2, 0.25) is 0 Å². The van der Waals surface area contributed by atoms with Gasteiger partial charge >= 0.3 is 12.2 Å². The Morgan fingerprint density at radius 1 is 1.04 bits per heavy atom. The van der Waals surface area contributed by atoms with Crippen molar-refractivity contribution >= 4 is 39.9 Å². The summed E-state index contributed by atoms with van der Waals surface area (Å²) in [6, 6.07) is 6.95. The van der Waals surface area contributed by atoms with Crippen molar-refractivity contribution in [2.45, 2.75) is 127 Å². The maximum Gasteiger partial charge on any atom is 0.410 e. The zero-order valence-electron chi connectivity index (χ0n) is 32.4. The van der Waals surface area contributed by atoms with Gasteiger partial charge in [-0.1, -0.05) is 54.8 Å². The molecule has 2 fully saturated rings. The molecule has 5 amide bonds. The van der Waals surface area contributed by atoms with Crippen LogP contribution in [0, 0.1) is 25.6 Å². The summed E-state index contributed by atoms with van der Waals surface area (Å²) < 4.78 is 55.0. The summed E-state index contributed by atoms with van der Waals surface area (Å²) in [7, 11) is -4.34. The second-order valence-electron chi connectivity index (χ2n) is 16.2. The van der Waals surface area contributed by atoms with E-state index in [0.29, 0.717) is 36.0 Å². The summed E-state index contributed by atoms with van der Waals surface area (Å²) in [4.78, 5) is 71.6. The minimum atomic E-state index is -4.34. The number of allylic oxidation sites excluding steroid dienone is 1. The van der Waals surface area contributed by atoms with Crippen molar-refractivity contribution in [3.63, 3.8) is 0 Å². The molecule has 14 nitrogen and oxygen atoms in total. The molecular weight excluding hydrogens is 746 g/mol. The van der Waals surface area contributed by atoms with Gasteiger partial charge < -0.3 is 25.0 Å². The maximum absolute atomic E-state index is 14.5. The largest absolute Gasteiger partial charge is 0.444 e. The number of ether oxygens (including phenoxy) is 2. The van der Waals surface area contributed by atoms with Crippen molar-refractivity contribution < 1.29 is 46.3 Å². The van der Waals surface area contributed by atoms with Gasteiger partial charge in [-0.25, -0.2) is 27.1 Å². The fraction of sp³-hybridized carbons (Fsp3) is 0.525. The number of aryl methyl sites for hydroxylation is 2. The predicted molar refractivity (Wildman–Crippen MR) is 202 cm³/mol. The lowest BCUT2D eigenvalue weighted by Crippen LogP contribution is -2.58. The number of alkyl carbamates (subject to hydrolysis) is 1. The molecule has 56 heavy (non-hydrogen) atoms. The Balaban J connectivity index is 1.27. The van der Waals surface area contributed by atoms with Crippen LogP contribution in [0.3, 0.4) is 0 Å². The average Bonchev–Trinajstić information content (AvgIpc) is 3.40. The molecule has 3 N–H and O–H groups in total. The highest BCUT2D eigenvalue weighted by atomic mass is 32.2. The second kappa shape index (κ2) is 15.9. The van der Waals surface area contributed by atoms with E-state index < -0.39 is 81.0 Å². The Bertz CT molecular complexity index is 2050. The minimum absolute atomic E-state index is 0.0143. The number of nitrogens with zero attached hydrogens (tertiary/aromatic N) is 2. The van der Waals surface area contributed by atoms with Crippen LogP contribution < -0.4 is 15.4 Å². The van der Waals surface area contributed by atoms with Crippen LogP contribution in [0.15, 0.2) is 53.4 Å². The van der Waals surface area contributed by atoms with Crippen LogP contribution >= 0.6 is 0 Å². The molecule has 3 aliphatic heterocycles. The number of rotatable bonds is 5. The van der Waals surface area contributed by atoms with E-state index in [1.807, 2.05) is 13.0 Å². The van der Waals surface area contributed by atoms with Crippen LogP contribution in [0.25, 0.3) is 0 Å². The quantitative estimate of drug-likeness (QED) is 0.363. The minimum Gasteiger partial charge on any atom is -0.444 e. The third kappa shape index (κ3) is 9.00. The number of fused-ring (bicyclic) bond motifs is 3. The molecule has 302 valence electrons. The van der Waals surface area contributed by atoms with Crippen LogP contribution in [-0.4, -0.2) is 84.0 Å². The van der Waals surface area contributed by atoms with Crippen molar-refractivity contribution in [3.8, 4) is 0 Å². The van der Waals surface area contributed by atoms with Crippen LogP contribution in [0.4, 0.5) is 14.0 Å². The highest BCUT2D eigenvalue weighted by molar-refractivity contribution is 7.90. The average molecular weight is 796 g/mol. The van der Waals surface area contributed by atoms with Crippen molar-refractivity contribution in [2.24, 2.45) is 5.92 Å². The third-order valence-corrected chi connectivity index (χ3v) is 12.1. The Kier molecular flexibility index (Phi) is 11.5. The number of hydrogen-bond acceptors (Lipinski definition) is 9. The molecule has 0 unspecified atom stereocenters. The number of hydrogen-bond donors (Lipinski definition) is 3. The van der Waals surface area contributed by atoms with Crippen LogP contribution in [0.5, 0.6) is 0 Å². The van der Waals surface area contributed by atoms with E-state index in [2.05, 4.69) is 15.4 Å². The smallest absolute Gasteiger partial charge is 0.410 e. The van der Waals surface area contributed by atoms with Crippen molar-refractivity contribution in [2.75, 3.05) is 6.54 Å². The fourth-order valence-corrected chi connectivity index (χ4v) is 8.98. The van der Waals surface area contributed by atoms with Gasteiger partial charge in [0, 0.05) is 24.4 Å². The van der Waals surface area contributed by atoms with Gasteiger partial charge in [0.2, 0.25) is 11.8 Å². The highest BCUT2D eigenvalue weighted by Crippen LogP contribution is 2.46. The molecular formula is C40H50FN5O9S. The second-order valence-corrected chi connectivity index (χ2v) is 17.9. The van der Waals surface area contributed by atoms with Gasteiger partial charge in [-0.15, -0.1) is 0 Å². The zero-order valence-corrected chi connectivity index (χ0v) is 33.2. The molecule has 0 spiro atoms. The molecule has 3 heterocycles. The van der Waals surface area contributed by atoms with Gasteiger partial charge in [0.15, 0.2) is 0 Å². The van der Waals surface area contributed by atoms with Crippen molar-refractivity contribution in [3.05, 3.63) is 76.6 Å². The van der Waals surface area contributed by atoms with Gasteiger partial charge in [-0.3, -0.25) is 19.3 Å². The van der Waals surface area contributed by atoms with E-state index in [1.165, 1.54) is 21.9 Å². The lowest BCUT2D eigenvalue weighted by atomic mass is 10.0. The molecule has 1 aliphatic carbocycles. The first-order valence-electron chi connectivity index (χ1n) is 19.0. The number of benzene rings is 2. The first kappa shape index (κ1) is 40.7. The number of halogens is 1. The molecule has 0 aromatic heterocycles. The molecule has 4 aliphatic rings. The topological polar surface area (TPSA) is 181 Å². The van der Waals surface area contributed by atoms with Gasteiger partial charge in [-0.05, 0) is 83.6 Å². The van der Waals surface area contributed by atoms with E-state index in [4.69, 9.17) is 9.47 Å². The summed E-state index contributed by atoms with van der Waals surface area (Å²) in [6.07, 6.45) is 3.95. The first-order valence-corrected chi connectivity index (χ1v) is 20.5. The highest BCUT2D eigenvalue weighted by Gasteiger charge is 2.62. The Morgan fingerprint density at radius 3 is 2.52 bits per heavy atom. The Hall–Kier alpha value is -4.99. The summed E-state index contributed by atoms with van der Waals surface area (Å²) >= 11 is 0. The molecule has 0 bridgehead atoms. The molecule has 0 radical (unpaired) electrons. The summed E-state index contributed by atoms with van der Waals surface area (Å²) in [5, 5.41) is 5.47. The van der Waals surface area contributed by atoms with E-state index in [1.54, 1.807) is 58.0 Å². The maximum atomic E-state index is 14.5. The summed E-state index contributed by atoms with van der Waals surface area (Å²) in [5.41, 5.74) is -0.195. The first-order chi connectivity index (χ1) is 26.4. The molecule has 2 aromatic carbocycles. The van der Waals surface area contributed by atoms with Gasteiger partial charge in [-0.2, -0.15) is 0 Å². The fourth-order valence-electron chi connectivity index (χ4n) is 7.71. The molecule has 5 atom stereocenters. The Labute approximate surface area is 326 Å². The summed E-state index contributed by atoms with van der Waals surface area (Å²) in [6.45, 7) is 8.40. The SMILES string of the molecule is Cc1ccc(S(=O)(=O)NC(=O)[C@@]23C[C@H]2/C=C\CCCCC[C@H](NC(=O)OC(C)(C)C)C(=O)N2C[C@H](OC(=O)N4Cc5cccc(F)c5C4)C[C@H]2C(=O)N3)c(C)c1. The van der Waals surface area contributed by atoms with Crippen molar-refractivity contribution in [1.29, 1.82) is 0 Å². The molecule has 16 heteroatoms. The van der Waals surface area contributed by atoms with E-state index in [9.17, 15) is 36.8 Å².